The Labute approximate surface area is 109 Å². The Morgan fingerprint density at radius 1 is 1.17 bits per heavy atom. The normalized spacial score (nSPS) is 18.3. The van der Waals surface area contributed by atoms with E-state index in [0.29, 0.717) is 13.2 Å². The third-order valence-corrected chi connectivity index (χ3v) is 3.59. The largest absolute Gasteiger partial charge is 0.494 e. The summed E-state index contributed by atoms with van der Waals surface area (Å²) in [7, 11) is 0. The third kappa shape index (κ3) is 3.16. The van der Waals surface area contributed by atoms with Crippen LogP contribution in [-0.4, -0.2) is 18.8 Å². The van der Waals surface area contributed by atoms with Crippen molar-refractivity contribution in [2.24, 2.45) is 5.73 Å². The predicted molar refractivity (Wildman–Crippen MR) is 73.1 cm³/mol. The highest BCUT2D eigenvalue weighted by Crippen LogP contribution is 2.33. The van der Waals surface area contributed by atoms with Gasteiger partial charge in [0.15, 0.2) is 0 Å². The lowest BCUT2D eigenvalue weighted by Gasteiger charge is -2.36. The summed E-state index contributed by atoms with van der Waals surface area (Å²) in [6.45, 7) is 3.24. The van der Waals surface area contributed by atoms with Crippen LogP contribution in [0.4, 0.5) is 0 Å². The second-order valence-electron chi connectivity index (χ2n) is 4.96. The molecule has 0 aliphatic heterocycles. The van der Waals surface area contributed by atoms with Crippen molar-refractivity contribution >= 4 is 0 Å². The summed E-state index contributed by atoms with van der Waals surface area (Å²) in [4.78, 5) is 0. The Hall–Kier alpha value is -1.22. The molecule has 1 aromatic rings. The number of rotatable bonds is 5. The Kier molecular flexibility index (Phi) is 4.48. The summed E-state index contributed by atoms with van der Waals surface area (Å²) in [6, 6.07) is 7.85. The number of hydrogen-bond acceptors (Lipinski definition) is 3. The van der Waals surface area contributed by atoms with Crippen LogP contribution in [0, 0.1) is 0 Å². The fourth-order valence-electron chi connectivity index (χ4n) is 2.59. The first-order valence-electron chi connectivity index (χ1n) is 6.90. The zero-order chi connectivity index (χ0) is 12.8. The van der Waals surface area contributed by atoms with Crippen molar-refractivity contribution in [2.45, 2.75) is 44.6 Å². The van der Waals surface area contributed by atoms with E-state index in [1.54, 1.807) is 0 Å². The molecule has 1 aliphatic rings. The van der Waals surface area contributed by atoms with E-state index in [0.717, 1.165) is 24.3 Å². The molecule has 1 aliphatic carbocycles. The Morgan fingerprint density at radius 3 is 2.56 bits per heavy atom. The molecule has 0 spiro atoms. The quantitative estimate of drug-likeness (QED) is 0.872. The van der Waals surface area contributed by atoms with Crippen molar-refractivity contribution < 1.29 is 9.47 Å². The summed E-state index contributed by atoms with van der Waals surface area (Å²) in [5.41, 5.74) is 5.76. The zero-order valence-electron chi connectivity index (χ0n) is 11.2. The topological polar surface area (TPSA) is 44.5 Å². The smallest absolute Gasteiger partial charge is 0.123 e. The zero-order valence-corrected chi connectivity index (χ0v) is 11.2. The molecule has 0 amide bonds. The van der Waals surface area contributed by atoms with Crippen LogP contribution in [0.2, 0.25) is 0 Å². The summed E-state index contributed by atoms with van der Waals surface area (Å²) in [5.74, 6) is 1.73. The number of ether oxygens (including phenoxy) is 2. The molecule has 2 N–H and O–H groups in total. The molecular formula is C15H23NO2. The molecule has 0 unspecified atom stereocenters. The molecule has 1 aromatic carbocycles. The van der Waals surface area contributed by atoms with Crippen LogP contribution in [0.5, 0.6) is 11.5 Å². The minimum absolute atomic E-state index is 0.164. The van der Waals surface area contributed by atoms with Crippen molar-refractivity contribution in [1.29, 1.82) is 0 Å². The molecule has 3 heteroatoms. The van der Waals surface area contributed by atoms with Crippen LogP contribution in [-0.2, 0) is 0 Å². The Bertz CT molecular complexity index is 373. The Morgan fingerprint density at radius 2 is 1.89 bits per heavy atom. The van der Waals surface area contributed by atoms with Gasteiger partial charge in [-0.1, -0.05) is 12.5 Å². The summed E-state index contributed by atoms with van der Waals surface area (Å²) in [6.07, 6.45) is 5.83. The van der Waals surface area contributed by atoms with Gasteiger partial charge in [-0.15, -0.1) is 0 Å². The fraction of sp³-hybridized carbons (Fsp3) is 0.600. The molecule has 18 heavy (non-hydrogen) atoms. The maximum atomic E-state index is 6.17. The fourth-order valence-corrected chi connectivity index (χ4v) is 2.59. The molecule has 0 heterocycles. The van der Waals surface area contributed by atoms with Crippen molar-refractivity contribution in [3.63, 3.8) is 0 Å². The molecule has 3 nitrogen and oxygen atoms in total. The highest BCUT2D eigenvalue weighted by Gasteiger charge is 2.32. The molecule has 0 saturated heterocycles. The molecule has 100 valence electrons. The first-order chi connectivity index (χ1) is 8.78. The monoisotopic (exact) mass is 249 g/mol. The summed E-state index contributed by atoms with van der Waals surface area (Å²) in [5, 5.41) is 0. The van der Waals surface area contributed by atoms with E-state index in [4.69, 9.17) is 15.2 Å². The van der Waals surface area contributed by atoms with E-state index in [9.17, 15) is 0 Å². The van der Waals surface area contributed by atoms with Gasteiger partial charge in [-0.25, -0.2) is 0 Å². The Balaban J connectivity index is 2.08. The van der Waals surface area contributed by atoms with Gasteiger partial charge in [0.05, 0.1) is 6.61 Å². The first kappa shape index (κ1) is 13.2. The molecule has 0 bridgehead atoms. The van der Waals surface area contributed by atoms with Crippen LogP contribution in [0.3, 0.4) is 0 Å². The summed E-state index contributed by atoms with van der Waals surface area (Å²) >= 11 is 0. The lowest BCUT2D eigenvalue weighted by molar-refractivity contribution is 0.0385. The van der Waals surface area contributed by atoms with Crippen LogP contribution in [0.1, 0.15) is 39.0 Å². The van der Waals surface area contributed by atoms with E-state index in [2.05, 4.69) is 0 Å². The lowest BCUT2D eigenvalue weighted by atomic mass is 9.84. The molecular weight excluding hydrogens is 226 g/mol. The average Bonchev–Trinajstić information content (AvgIpc) is 2.41. The highest BCUT2D eigenvalue weighted by molar-refractivity contribution is 5.33. The predicted octanol–water partition coefficient (Wildman–Crippen LogP) is 3.13. The molecule has 1 fully saturated rings. The van der Waals surface area contributed by atoms with E-state index >= 15 is 0 Å². The van der Waals surface area contributed by atoms with Gasteiger partial charge in [0.1, 0.15) is 17.1 Å². The molecule has 1 saturated carbocycles. The van der Waals surface area contributed by atoms with E-state index in [1.165, 1.54) is 19.3 Å². The van der Waals surface area contributed by atoms with E-state index < -0.39 is 0 Å². The van der Waals surface area contributed by atoms with Crippen LogP contribution in [0.25, 0.3) is 0 Å². The second kappa shape index (κ2) is 6.10. The standard InChI is InChI=1S/C15H23NO2/c1-2-17-13-7-6-8-14(11-13)18-15(12-16)9-4-3-5-10-15/h6-8,11H,2-5,9-10,12,16H2,1H3. The van der Waals surface area contributed by atoms with Gasteiger partial charge in [-0.05, 0) is 44.7 Å². The molecule has 0 aromatic heterocycles. The van der Waals surface area contributed by atoms with E-state index in [1.807, 2.05) is 31.2 Å². The van der Waals surface area contributed by atoms with Crippen molar-refractivity contribution in [1.82, 2.24) is 0 Å². The number of nitrogens with two attached hydrogens (primary N) is 1. The van der Waals surface area contributed by atoms with Gasteiger partial charge in [0.2, 0.25) is 0 Å². The van der Waals surface area contributed by atoms with Crippen LogP contribution >= 0.6 is 0 Å². The third-order valence-electron chi connectivity index (χ3n) is 3.59. The number of hydrogen-bond donors (Lipinski definition) is 1. The maximum absolute atomic E-state index is 6.17. The lowest BCUT2D eigenvalue weighted by Crippen LogP contribution is -2.45. The van der Waals surface area contributed by atoms with Gasteiger partial charge in [0, 0.05) is 12.6 Å². The minimum atomic E-state index is -0.164. The van der Waals surface area contributed by atoms with E-state index in [-0.39, 0.29) is 5.60 Å². The second-order valence-corrected chi connectivity index (χ2v) is 4.96. The number of benzene rings is 1. The molecule has 2 rings (SSSR count). The van der Waals surface area contributed by atoms with Crippen molar-refractivity contribution in [2.75, 3.05) is 13.2 Å². The first-order valence-corrected chi connectivity index (χ1v) is 6.90. The SMILES string of the molecule is CCOc1cccc(OC2(CN)CCCCC2)c1. The van der Waals surface area contributed by atoms with Gasteiger partial charge < -0.3 is 15.2 Å². The van der Waals surface area contributed by atoms with Gasteiger partial charge in [-0.2, -0.15) is 0 Å². The minimum Gasteiger partial charge on any atom is -0.494 e. The van der Waals surface area contributed by atoms with Crippen LogP contribution < -0.4 is 15.2 Å². The molecule has 0 atom stereocenters. The van der Waals surface area contributed by atoms with Gasteiger partial charge in [0.25, 0.3) is 0 Å². The highest BCUT2D eigenvalue weighted by atomic mass is 16.5. The van der Waals surface area contributed by atoms with Crippen molar-refractivity contribution in [3.8, 4) is 11.5 Å². The van der Waals surface area contributed by atoms with Gasteiger partial charge in [-0.3, -0.25) is 0 Å². The van der Waals surface area contributed by atoms with Crippen LogP contribution in [0.15, 0.2) is 24.3 Å². The molecule has 0 radical (unpaired) electrons. The summed E-state index contributed by atoms with van der Waals surface area (Å²) < 4.78 is 11.7. The van der Waals surface area contributed by atoms with Crippen molar-refractivity contribution in [3.05, 3.63) is 24.3 Å². The average molecular weight is 249 g/mol. The van der Waals surface area contributed by atoms with Gasteiger partial charge >= 0.3 is 0 Å². The maximum Gasteiger partial charge on any atom is 0.123 e.